The molecule has 0 unspecified atom stereocenters. The van der Waals surface area contributed by atoms with E-state index >= 15 is 0 Å². The third-order valence-corrected chi connectivity index (χ3v) is 4.30. The summed E-state index contributed by atoms with van der Waals surface area (Å²) < 4.78 is 2.92. The van der Waals surface area contributed by atoms with Crippen LogP contribution in [-0.4, -0.2) is 15.6 Å². The minimum atomic E-state index is -0.154. The van der Waals surface area contributed by atoms with Crippen molar-refractivity contribution in [2.24, 2.45) is 0 Å². The molecule has 0 aliphatic heterocycles. The van der Waals surface area contributed by atoms with Crippen molar-refractivity contribution in [3.63, 3.8) is 0 Å². The molecule has 1 aliphatic rings. The van der Waals surface area contributed by atoms with Gasteiger partial charge in [0.25, 0.3) is 5.91 Å². The number of amides is 1. The Labute approximate surface area is 131 Å². The molecule has 1 amide bonds. The van der Waals surface area contributed by atoms with Crippen LogP contribution in [0.1, 0.15) is 40.5 Å². The maximum absolute atomic E-state index is 12.5. The van der Waals surface area contributed by atoms with Gasteiger partial charge in [-0.25, -0.2) is 0 Å². The second-order valence-corrected chi connectivity index (χ2v) is 6.46. The second-order valence-electron chi connectivity index (χ2n) is 5.54. The zero-order chi connectivity index (χ0) is 15.1. The molecular weight excluding hydrogens is 332 g/mol. The highest BCUT2D eigenvalue weighted by Gasteiger charge is 2.28. The fraction of sp³-hybridized carbons (Fsp3) is 0.312. The summed E-state index contributed by atoms with van der Waals surface area (Å²) in [6.07, 6.45) is 4.18. The van der Waals surface area contributed by atoms with Gasteiger partial charge in [-0.1, -0.05) is 6.07 Å². The second kappa shape index (κ2) is 5.22. The van der Waals surface area contributed by atoms with Gasteiger partial charge in [-0.15, -0.1) is 0 Å². The van der Waals surface area contributed by atoms with Crippen molar-refractivity contribution < 1.29 is 9.90 Å². The third kappa shape index (κ3) is 2.70. The van der Waals surface area contributed by atoms with E-state index < -0.39 is 0 Å². The van der Waals surface area contributed by atoms with Gasteiger partial charge in [0, 0.05) is 28.0 Å². The molecule has 110 valence electrons. The normalized spacial score (nSPS) is 14.2. The number of hydrogen-bond donors (Lipinski definition) is 2. The molecule has 0 spiro atoms. The number of aromatic hydroxyl groups is 1. The van der Waals surface area contributed by atoms with E-state index in [4.69, 9.17) is 0 Å². The van der Waals surface area contributed by atoms with Crippen LogP contribution in [0.15, 0.2) is 28.9 Å². The molecule has 0 bridgehead atoms. The number of phenols is 1. The van der Waals surface area contributed by atoms with Crippen LogP contribution >= 0.6 is 15.9 Å². The van der Waals surface area contributed by atoms with Crippen LogP contribution in [0.5, 0.6) is 5.75 Å². The van der Waals surface area contributed by atoms with Crippen LogP contribution in [0.4, 0.5) is 5.69 Å². The van der Waals surface area contributed by atoms with E-state index in [-0.39, 0.29) is 11.7 Å². The minimum absolute atomic E-state index is 0.154. The predicted molar refractivity (Wildman–Crippen MR) is 85.9 cm³/mol. The van der Waals surface area contributed by atoms with Gasteiger partial charge in [-0.05, 0) is 60.3 Å². The summed E-state index contributed by atoms with van der Waals surface area (Å²) in [4.78, 5) is 12.5. The SMILES string of the molecule is Cc1ccc(NC(=O)c2cc(Br)cn2C2CC2)c(C)c1O. The van der Waals surface area contributed by atoms with Crippen molar-refractivity contribution >= 4 is 27.5 Å². The van der Waals surface area contributed by atoms with Crippen LogP contribution in [0, 0.1) is 13.8 Å². The summed E-state index contributed by atoms with van der Waals surface area (Å²) in [5, 5.41) is 12.9. The molecule has 1 saturated carbocycles. The molecule has 1 aliphatic carbocycles. The van der Waals surface area contributed by atoms with E-state index in [2.05, 4.69) is 21.2 Å². The lowest BCUT2D eigenvalue weighted by Crippen LogP contribution is -2.17. The number of halogens is 1. The van der Waals surface area contributed by atoms with Gasteiger partial charge in [-0.2, -0.15) is 0 Å². The van der Waals surface area contributed by atoms with Crippen molar-refractivity contribution in [3.05, 3.63) is 45.7 Å². The van der Waals surface area contributed by atoms with Gasteiger partial charge in [0.05, 0.1) is 0 Å². The molecule has 0 saturated heterocycles. The molecule has 1 aromatic carbocycles. The number of aromatic nitrogens is 1. The van der Waals surface area contributed by atoms with Crippen LogP contribution in [0.2, 0.25) is 0 Å². The lowest BCUT2D eigenvalue weighted by atomic mass is 10.1. The maximum atomic E-state index is 12.5. The van der Waals surface area contributed by atoms with Gasteiger partial charge in [0.2, 0.25) is 0 Å². The van der Waals surface area contributed by atoms with Crippen molar-refractivity contribution in [1.29, 1.82) is 0 Å². The van der Waals surface area contributed by atoms with E-state index in [9.17, 15) is 9.90 Å². The molecule has 3 rings (SSSR count). The van der Waals surface area contributed by atoms with Crippen LogP contribution in [0.3, 0.4) is 0 Å². The highest BCUT2D eigenvalue weighted by molar-refractivity contribution is 9.10. The zero-order valence-electron chi connectivity index (χ0n) is 12.0. The number of carbonyl (C=O) groups is 1. The Bertz CT molecular complexity index is 717. The summed E-state index contributed by atoms with van der Waals surface area (Å²) in [6, 6.07) is 5.89. The molecule has 1 fully saturated rings. The summed E-state index contributed by atoms with van der Waals surface area (Å²) in [5.74, 6) is 0.0745. The highest BCUT2D eigenvalue weighted by Crippen LogP contribution is 2.38. The Morgan fingerprint density at radius 3 is 2.76 bits per heavy atom. The van der Waals surface area contributed by atoms with Crippen molar-refractivity contribution in [3.8, 4) is 5.75 Å². The van der Waals surface area contributed by atoms with E-state index in [1.807, 2.05) is 29.8 Å². The Morgan fingerprint density at radius 1 is 1.38 bits per heavy atom. The van der Waals surface area contributed by atoms with Crippen LogP contribution in [-0.2, 0) is 0 Å². The number of carbonyl (C=O) groups excluding carboxylic acids is 1. The Hall–Kier alpha value is -1.75. The lowest BCUT2D eigenvalue weighted by Gasteiger charge is -2.12. The van der Waals surface area contributed by atoms with Crippen molar-refractivity contribution in [2.45, 2.75) is 32.7 Å². The fourth-order valence-corrected chi connectivity index (χ4v) is 2.88. The van der Waals surface area contributed by atoms with E-state index in [1.54, 1.807) is 13.0 Å². The van der Waals surface area contributed by atoms with Crippen molar-refractivity contribution in [1.82, 2.24) is 4.57 Å². The van der Waals surface area contributed by atoms with Gasteiger partial charge >= 0.3 is 0 Å². The molecule has 0 atom stereocenters. The minimum Gasteiger partial charge on any atom is -0.507 e. The summed E-state index contributed by atoms with van der Waals surface area (Å²) in [7, 11) is 0. The molecular formula is C16H17BrN2O2. The standard InChI is InChI=1S/C16H17BrN2O2/c1-9-3-6-13(10(2)15(9)20)18-16(21)14-7-11(17)8-19(14)12-4-5-12/h3,6-8,12,20H,4-5H2,1-2H3,(H,18,21). The number of hydrogen-bond acceptors (Lipinski definition) is 2. The Balaban J connectivity index is 1.89. The summed E-state index contributed by atoms with van der Waals surface area (Å²) in [6.45, 7) is 3.64. The summed E-state index contributed by atoms with van der Waals surface area (Å²) in [5.41, 5.74) is 2.77. The first kappa shape index (κ1) is 14.2. The van der Waals surface area contributed by atoms with Gasteiger partial charge in [-0.3, -0.25) is 4.79 Å². The molecule has 2 N–H and O–H groups in total. The number of benzene rings is 1. The molecule has 5 heteroatoms. The highest BCUT2D eigenvalue weighted by atomic mass is 79.9. The first-order valence-electron chi connectivity index (χ1n) is 6.95. The number of nitrogens with one attached hydrogen (secondary N) is 1. The maximum Gasteiger partial charge on any atom is 0.272 e. The van der Waals surface area contributed by atoms with E-state index in [1.165, 1.54) is 0 Å². The molecule has 21 heavy (non-hydrogen) atoms. The molecule has 0 radical (unpaired) electrons. The quantitative estimate of drug-likeness (QED) is 0.874. The third-order valence-electron chi connectivity index (χ3n) is 3.87. The number of nitrogens with zero attached hydrogens (tertiary/aromatic N) is 1. The number of rotatable bonds is 3. The fourth-order valence-electron chi connectivity index (χ4n) is 2.44. The number of anilines is 1. The number of aryl methyl sites for hydroxylation is 1. The van der Waals surface area contributed by atoms with Gasteiger partial charge in [0.1, 0.15) is 11.4 Å². The Kier molecular flexibility index (Phi) is 3.53. The topological polar surface area (TPSA) is 54.3 Å². The lowest BCUT2D eigenvalue weighted by molar-refractivity contribution is 0.101. The first-order valence-corrected chi connectivity index (χ1v) is 7.74. The van der Waals surface area contributed by atoms with E-state index in [0.717, 1.165) is 22.9 Å². The average molecular weight is 349 g/mol. The first-order chi connectivity index (χ1) is 9.97. The van der Waals surface area contributed by atoms with Crippen LogP contribution in [0.25, 0.3) is 0 Å². The predicted octanol–water partition coefficient (Wildman–Crippen LogP) is 4.16. The zero-order valence-corrected chi connectivity index (χ0v) is 13.6. The molecule has 1 heterocycles. The largest absolute Gasteiger partial charge is 0.507 e. The monoisotopic (exact) mass is 348 g/mol. The smallest absolute Gasteiger partial charge is 0.272 e. The van der Waals surface area contributed by atoms with Crippen LogP contribution < -0.4 is 5.32 Å². The Morgan fingerprint density at radius 2 is 2.10 bits per heavy atom. The molecule has 4 nitrogen and oxygen atoms in total. The van der Waals surface area contributed by atoms with Gasteiger partial charge < -0.3 is 15.0 Å². The van der Waals surface area contributed by atoms with Gasteiger partial charge in [0.15, 0.2) is 0 Å². The van der Waals surface area contributed by atoms with Crippen molar-refractivity contribution in [2.75, 3.05) is 5.32 Å². The van der Waals surface area contributed by atoms with E-state index in [0.29, 0.717) is 23.0 Å². The molecule has 2 aromatic rings. The number of phenolic OH excluding ortho intramolecular Hbond substituents is 1. The average Bonchev–Trinajstić information content (AvgIpc) is 3.22. The molecule has 1 aromatic heterocycles. The summed E-state index contributed by atoms with van der Waals surface area (Å²) >= 11 is 3.43.